The van der Waals surface area contributed by atoms with Gasteiger partial charge in [-0.3, -0.25) is 18.4 Å². The summed E-state index contributed by atoms with van der Waals surface area (Å²) in [7, 11) is -27.5. The Kier molecular flexibility index (Phi) is 12.4. The molecule has 0 unspecified atom stereocenters. The second-order valence-corrected chi connectivity index (χ2v) is 24.9. The molecular formula is C40H28CuN10O16S6. The monoisotopic (exact) mass is 1160 g/mol. The normalized spacial score (nSPS) is 13.1. The van der Waals surface area contributed by atoms with Crippen LogP contribution in [-0.4, -0.2) is 116 Å². The third-order valence-electron chi connectivity index (χ3n) is 11.0. The number of hydrogen-bond acceptors (Lipinski definition) is 19. The van der Waals surface area contributed by atoms with Crippen LogP contribution < -0.4 is 9.86 Å². The number of primary sulfonamides is 1. The van der Waals surface area contributed by atoms with Gasteiger partial charge in [0.25, 0.3) is 30.3 Å². The minimum atomic E-state index is -4.91. The van der Waals surface area contributed by atoms with Crippen LogP contribution in [0.2, 0.25) is 0 Å². The van der Waals surface area contributed by atoms with Gasteiger partial charge in [0, 0.05) is 66.6 Å². The molecule has 2 aliphatic heterocycles. The number of rotatable bonds is 11. The van der Waals surface area contributed by atoms with Gasteiger partial charge in [-0.25, -0.2) is 64.5 Å². The topological polar surface area (TPSA) is 422 Å². The maximum absolute atomic E-state index is 14.0. The van der Waals surface area contributed by atoms with Crippen LogP contribution in [0.15, 0.2) is 122 Å². The molecule has 26 nitrogen and oxygen atoms in total. The fourth-order valence-electron chi connectivity index (χ4n) is 7.69. The van der Waals surface area contributed by atoms with Gasteiger partial charge in [0.1, 0.15) is 22.6 Å². The molecule has 8 N–H and O–H groups in total. The maximum atomic E-state index is 14.0. The van der Waals surface area contributed by atoms with Gasteiger partial charge in [0.15, 0.2) is 33.1 Å². The number of sulfonamides is 2. The number of aromatic nitrogens is 8. The first-order valence-electron chi connectivity index (χ1n) is 20.0. The Morgan fingerprint density at radius 2 is 0.863 bits per heavy atom. The van der Waals surface area contributed by atoms with Gasteiger partial charge in [0.05, 0.1) is 36.8 Å². The SMILES string of the molecule is NS(=O)(=O)c1ccc2c3nc4nc(nc5[nH]c(nc6nc(nc([nH]3)c2c1)-c1ccc(S(=O)(=O)O)cc1-6)c1ccc(S(=O)(=O)O)cc51)-c1ccc(S(=O)(=O)Nc2ccc(S(=O)(=O)CCOS(=O)(=O)O)cc2)cc1-4.[Cu]. The number of nitrogens with two attached hydrogens (primary N) is 1. The number of H-pyrrole nitrogens is 2. The van der Waals surface area contributed by atoms with Crippen LogP contribution in [0.5, 0.6) is 0 Å². The van der Waals surface area contributed by atoms with E-state index in [1.165, 1.54) is 48.5 Å². The smallest absolute Gasteiger partial charge is 0.324 e. The van der Waals surface area contributed by atoms with Crippen LogP contribution in [0.3, 0.4) is 0 Å². The van der Waals surface area contributed by atoms with Gasteiger partial charge >= 0.3 is 10.4 Å². The third-order valence-corrected chi connectivity index (χ3v) is 17.1. The summed E-state index contributed by atoms with van der Waals surface area (Å²) in [6, 6.07) is 18.8. The first kappa shape index (κ1) is 51.2. The number of benzene rings is 5. The third kappa shape index (κ3) is 9.93. The van der Waals surface area contributed by atoms with Crippen molar-refractivity contribution in [3.8, 4) is 45.6 Å². The number of hydrogen-bond donors (Lipinski definition) is 7. The number of sulfone groups is 1. The van der Waals surface area contributed by atoms with Crippen molar-refractivity contribution < 1.29 is 85.4 Å². The van der Waals surface area contributed by atoms with Crippen LogP contribution in [0, 0.1) is 0 Å². The summed E-state index contributed by atoms with van der Waals surface area (Å²) in [5, 5.41) is 6.11. The van der Waals surface area contributed by atoms with E-state index in [1.54, 1.807) is 0 Å². The molecule has 33 heteroatoms. The van der Waals surface area contributed by atoms with E-state index in [0.29, 0.717) is 0 Å². The van der Waals surface area contributed by atoms with Crippen molar-refractivity contribution in [3.63, 3.8) is 0 Å². The minimum absolute atomic E-state index is 0. The molecule has 0 aliphatic carbocycles. The summed E-state index contributed by atoms with van der Waals surface area (Å²) in [5.74, 6) is -1.43. The van der Waals surface area contributed by atoms with Gasteiger partial charge < -0.3 is 9.97 Å². The van der Waals surface area contributed by atoms with Gasteiger partial charge in [-0.1, -0.05) is 0 Å². The molecule has 5 aromatic carbocycles. The van der Waals surface area contributed by atoms with Crippen LogP contribution in [-0.2, 0) is 81.8 Å². The number of nitrogens with zero attached hydrogens (tertiary/aromatic N) is 6. The second-order valence-electron chi connectivity index (χ2n) is 15.6. The molecule has 8 bridgehead atoms. The molecule has 0 atom stereocenters. The zero-order valence-electron chi connectivity index (χ0n) is 35.8. The van der Waals surface area contributed by atoms with Crippen LogP contribution in [0.4, 0.5) is 5.69 Å². The molecule has 0 spiro atoms. The fraction of sp³-hybridized carbons (Fsp3) is 0.0500. The average Bonchev–Trinajstić information content (AvgIpc) is 4.02. The Balaban J connectivity index is 0.00000656. The van der Waals surface area contributed by atoms with Gasteiger partial charge in [-0.2, -0.15) is 25.3 Å². The predicted octanol–water partition coefficient (Wildman–Crippen LogP) is 3.40. The van der Waals surface area contributed by atoms with Crippen LogP contribution in [0.1, 0.15) is 0 Å². The molecule has 73 heavy (non-hydrogen) atoms. The first-order valence-corrected chi connectivity index (χ1v) is 28.9. The summed E-state index contributed by atoms with van der Waals surface area (Å²) in [6.45, 7) is -0.892. The molecule has 3 aromatic heterocycles. The molecular weight excluding hydrogens is 1130 g/mol. The molecule has 0 saturated heterocycles. The molecule has 5 heterocycles. The van der Waals surface area contributed by atoms with E-state index in [1.807, 2.05) is 0 Å². The summed E-state index contributed by atoms with van der Waals surface area (Å²) < 4.78 is 185. The first-order chi connectivity index (χ1) is 33.6. The van der Waals surface area contributed by atoms with Crippen molar-refractivity contribution in [2.45, 2.75) is 24.5 Å². The van der Waals surface area contributed by atoms with Crippen molar-refractivity contribution in [1.82, 2.24) is 39.9 Å². The quantitative estimate of drug-likeness (QED) is 0.0720. The van der Waals surface area contributed by atoms with Crippen molar-refractivity contribution in [1.29, 1.82) is 0 Å². The van der Waals surface area contributed by atoms with E-state index in [9.17, 15) is 59.6 Å². The second kappa shape index (κ2) is 17.7. The number of fused-ring (bicyclic) bond motifs is 20. The molecule has 381 valence electrons. The summed E-state index contributed by atoms with van der Waals surface area (Å²) in [4.78, 5) is 32.0. The summed E-state index contributed by atoms with van der Waals surface area (Å²) >= 11 is 0. The zero-order valence-corrected chi connectivity index (χ0v) is 41.7. The molecule has 0 saturated carbocycles. The Morgan fingerprint density at radius 3 is 1.34 bits per heavy atom. The van der Waals surface area contributed by atoms with E-state index in [4.69, 9.17) is 24.6 Å². The molecule has 0 amide bonds. The van der Waals surface area contributed by atoms with Crippen LogP contribution >= 0.6 is 0 Å². The zero-order chi connectivity index (χ0) is 51.5. The average molecular weight is 1160 g/mol. The van der Waals surface area contributed by atoms with E-state index in [2.05, 4.69) is 33.8 Å². The molecule has 8 aromatic rings. The predicted molar refractivity (Wildman–Crippen MR) is 254 cm³/mol. The fourth-order valence-corrected chi connectivity index (χ4v) is 11.8. The Hall–Kier alpha value is -6.72. The van der Waals surface area contributed by atoms with Crippen molar-refractivity contribution in [3.05, 3.63) is 97.1 Å². The van der Waals surface area contributed by atoms with Gasteiger partial charge in [0.2, 0.25) is 10.0 Å². The van der Waals surface area contributed by atoms with Crippen molar-refractivity contribution in [2.75, 3.05) is 17.1 Å². The maximum Gasteiger partial charge on any atom is 0.397 e. The van der Waals surface area contributed by atoms with E-state index in [0.717, 1.165) is 48.5 Å². The van der Waals surface area contributed by atoms with Crippen molar-refractivity contribution >= 4 is 110 Å². The summed E-state index contributed by atoms with van der Waals surface area (Å²) in [5.41, 5.74) is 0.130. The molecule has 1 radical (unpaired) electrons. The number of anilines is 1. The molecule has 2 aliphatic rings. The number of aromatic amines is 2. The largest absolute Gasteiger partial charge is 0.397 e. The Labute approximate surface area is 422 Å². The van der Waals surface area contributed by atoms with Gasteiger partial charge in [-0.15, -0.1) is 0 Å². The van der Waals surface area contributed by atoms with E-state index in [-0.39, 0.29) is 127 Å². The molecule has 0 fully saturated rings. The minimum Gasteiger partial charge on any atom is -0.324 e. The van der Waals surface area contributed by atoms with E-state index < -0.39 is 82.7 Å². The molecule has 10 rings (SSSR count). The van der Waals surface area contributed by atoms with Crippen molar-refractivity contribution in [2.24, 2.45) is 5.14 Å². The van der Waals surface area contributed by atoms with E-state index >= 15 is 0 Å². The standard InChI is InChI=1S/C40H28N10O16S6.Cu/c41-68(53,54)21-5-9-25-29(15-21)37-42-33(25)44-38-30-16-22(69(55,56)50-19-1-3-20(4-2-19)67(51,52)14-13-66-72(63,64)65)6-10-26(30)34(45-38)46-39-32-18-24(71(60,61)62)8-12-28(32)36(48-39)49-40-31-17-23(70(57,58)59)7-11-27(31)35(43-37)47-40;/h1-12,15-18,50H,13-14H2,(H2,41,53,54)(H,57,58,59)(H,60,61,62)(H,63,64,65)(H2,42,43,44,45,46,47,48,49);. The summed E-state index contributed by atoms with van der Waals surface area (Å²) in [6.07, 6.45) is 0. The number of nitrogens with one attached hydrogen (secondary N) is 3. The van der Waals surface area contributed by atoms with Gasteiger partial charge in [-0.05, 0) is 97.1 Å². The van der Waals surface area contributed by atoms with Crippen LogP contribution in [0.25, 0.3) is 89.7 Å². The Bertz CT molecular complexity index is 4580. The Morgan fingerprint density at radius 1 is 0.466 bits per heavy atom.